The highest BCUT2D eigenvalue weighted by molar-refractivity contribution is 7.89. The number of hydrogen-bond donors (Lipinski definition) is 2. The van der Waals surface area contributed by atoms with E-state index in [9.17, 15) is 12.8 Å². The standard InChI is InChI=1S/C12H15ClFNO3S/c1-7-2-8(7)5-15-19(17,18)11-4-10(13)3-9(6-16)12(11)14/h3-4,7-8,15-16H,2,5-6H2,1H3. The number of hydrogen-bond acceptors (Lipinski definition) is 3. The van der Waals surface area contributed by atoms with Crippen molar-refractivity contribution in [2.24, 2.45) is 11.8 Å². The van der Waals surface area contributed by atoms with Crippen molar-refractivity contribution in [2.75, 3.05) is 6.54 Å². The Kier molecular flexibility index (Phi) is 4.15. The molecular formula is C12H15ClFNO3S. The molecule has 0 heterocycles. The summed E-state index contributed by atoms with van der Waals surface area (Å²) in [4.78, 5) is -0.516. The van der Waals surface area contributed by atoms with Crippen LogP contribution in [0.15, 0.2) is 17.0 Å². The minimum absolute atomic E-state index is 0.0746. The van der Waals surface area contributed by atoms with E-state index >= 15 is 0 Å². The van der Waals surface area contributed by atoms with Crippen LogP contribution in [0.5, 0.6) is 0 Å². The Labute approximate surface area is 116 Å². The lowest BCUT2D eigenvalue weighted by Crippen LogP contribution is -2.27. The third-order valence-electron chi connectivity index (χ3n) is 3.35. The van der Waals surface area contributed by atoms with Crippen LogP contribution in [0.1, 0.15) is 18.9 Å². The molecule has 19 heavy (non-hydrogen) atoms. The second-order valence-electron chi connectivity index (χ2n) is 4.86. The molecule has 0 aromatic heterocycles. The van der Waals surface area contributed by atoms with Crippen LogP contribution in [-0.2, 0) is 16.6 Å². The maximum atomic E-state index is 13.9. The van der Waals surface area contributed by atoms with E-state index in [1.165, 1.54) is 6.07 Å². The van der Waals surface area contributed by atoms with Gasteiger partial charge in [0.05, 0.1) is 6.61 Å². The van der Waals surface area contributed by atoms with Gasteiger partial charge in [0.25, 0.3) is 0 Å². The molecule has 7 heteroatoms. The maximum absolute atomic E-state index is 13.9. The van der Waals surface area contributed by atoms with Gasteiger partial charge in [0.2, 0.25) is 10.0 Å². The van der Waals surface area contributed by atoms with Crippen molar-refractivity contribution in [1.29, 1.82) is 0 Å². The summed E-state index contributed by atoms with van der Waals surface area (Å²) in [6.45, 7) is 1.72. The van der Waals surface area contributed by atoms with Crippen molar-refractivity contribution >= 4 is 21.6 Å². The zero-order chi connectivity index (χ0) is 14.2. The first-order valence-corrected chi connectivity index (χ1v) is 7.79. The van der Waals surface area contributed by atoms with Gasteiger partial charge in [-0.3, -0.25) is 0 Å². The molecule has 0 spiro atoms. The first-order valence-electron chi connectivity index (χ1n) is 5.93. The fourth-order valence-electron chi connectivity index (χ4n) is 1.91. The lowest BCUT2D eigenvalue weighted by molar-refractivity contribution is 0.274. The molecule has 0 radical (unpaired) electrons. The van der Waals surface area contributed by atoms with Gasteiger partial charge >= 0.3 is 0 Å². The molecule has 0 amide bonds. The summed E-state index contributed by atoms with van der Waals surface area (Å²) in [5.41, 5.74) is -0.132. The molecule has 2 atom stereocenters. The maximum Gasteiger partial charge on any atom is 0.243 e. The lowest BCUT2D eigenvalue weighted by atomic mass is 10.2. The van der Waals surface area contributed by atoms with Crippen molar-refractivity contribution in [3.63, 3.8) is 0 Å². The molecule has 2 rings (SSSR count). The fraction of sp³-hybridized carbons (Fsp3) is 0.500. The van der Waals surface area contributed by atoms with E-state index in [1.807, 2.05) is 6.92 Å². The smallest absolute Gasteiger partial charge is 0.243 e. The molecular weight excluding hydrogens is 293 g/mol. The Morgan fingerprint density at radius 1 is 1.53 bits per heavy atom. The lowest BCUT2D eigenvalue weighted by Gasteiger charge is -2.10. The van der Waals surface area contributed by atoms with E-state index in [0.717, 1.165) is 12.5 Å². The first-order chi connectivity index (χ1) is 8.85. The third kappa shape index (κ3) is 3.25. The quantitative estimate of drug-likeness (QED) is 0.873. The summed E-state index contributed by atoms with van der Waals surface area (Å²) in [5.74, 6) is -0.141. The van der Waals surface area contributed by atoms with Crippen LogP contribution < -0.4 is 4.72 Å². The highest BCUT2D eigenvalue weighted by atomic mass is 35.5. The predicted molar refractivity (Wildman–Crippen MR) is 69.8 cm³/mol. The molecule has 1 aliphatic rings. The molecule has 4 nitrogen and oxygen atoms in total. The van der Waals surface area contributed by atoms with Crippen molar-refractivity contribution in [2.45, 2.75) is 24.8 Å². The van der Waals surface area contributed by atoms with E-state index in [0.29, 0.717) is 18.4 Å². The van der Waals surface area contributed by atoms with Gasteiger partial charge in [-0.2, -0.15) is 0 Å². The van der Waals surface area contributed by atoms with Gasteiger partial charge < -0.3 is 5.11 Å². The van der Waals surface area contributed by atoms with E-state index in [4.69, 9.17) is 16.7 Å². The molecule has 0 aliphatic heterocycles. The van der Waals surface area contributed by atoms with Crippen molar-refractivity contribution in [3.05, 3.63) is 28.5 Å². The van der Waals surface area contributed by atoms with Gasteiger partial charge in [-0.05, 0) is 30.4 Å². The molecule has 1 aliphatic carbocycles. The minimum atomic E-state index is -3.95. The van der Waals surface area contributed by atoms with Gasteiger partial charge in [-0.15, -0.1) is 0 Å². The van der Waals surface area contributed by atoms with Crippen LogP contribution in [-0.4, -0.2) is 20.1 Å². The van der Waals surface area contributed by atoms with E-state index in [1.54, 1.807) is 0 Å². The van der Waals surface area contributed by atoms with Gasteiger partial charge in [-0.25, -0.2) is 17.5 Å². The average Bonchev–Trinajstić information content (AvgIpc) is 3.05. The number of nitrogens with one attached hydrogen (secondary N) is 1. The monoisotopic (exact) mass is 307 g/mol. The highest BCUT2D eigenvalue weighted by Gasteiger charge is 2.34. The molecule has 1 fully saturated rings. The molecule has 1 aromatic carbocycles. The van der Waals surface area contributed by atoms with E-state index in [-0.39, 0.29) is 10.6 Å². The first kappa shape index (κ1) is 14.7. The second kappa shape index (κ2) is 5.36. The van der Waals surface area contributed by atoms with Crippen molar-refractivity contribution in [1.82, 2.24) is 4.72 Å². The molecule has 1 saturated carbocycles. The van der Waals surface area contributed by atoms with Crippen molar-refractivity contribution < 1.29 is 17.9 Å². The van der Waals surface area contributed by atoms with Crippen LogP contribution in [0, 0.1) is 17.7 Å². The Morgan fingerprint density at radius 2 is 2.16 bits per heavy atom. The van der Waals surface area contributed by atoms with Crippen LogP contribution >= 0.6 is 11.6 Å². The fourth-order valence-corrected chi connectivity index (χ4v) is 3.45. The van der Waals surface area contributed by atoms with Crippen LogP contribution in [0.2, 0.25) is 5.02 Å². The summed E-state index contributed by atoms with van der Waals surface area (Å²) in [6.07, 6.45) is 0.975. The van der Waals surface area contributed by atoms with Gasteiger partial charge in [-0.1, -0.05) is 18.5 Å². The summed E-state index contributed by atoms with van der Waals surface area (Å²) in [7, 11) is -3.95. The number of sulfonamides is 1. The Balaban J connectivity index is 2.26. The Bertz CT molecular complexity index is 591. The number of halogens is 2. The summed E-state index contributed by atoms with van der Waals surface area (Å²) in [5, 5.41) is 9.06. The summed E-state index contributed by atoms with van der Waals surface area (Å²) in [6, 6.07) is 2.26. The molecule has 1 aromatic rings. The Hall–Kier alpha value is -0.690. The third-order valence-corrected chi connectivity index (χ3v) is 4.99. The molecule has 2 N–H and O–H groups in total. The molecule has 106 valence electrons. The van der Waals surface area contributed by atoms with Crippen LogP contribution in [0.4, 0.5) is 4.39 Å². The number of aliphatic hydroxyl groups is 1. The number of rotatable bonds is 5. The largest absolute Gasteiger partial charge is 0.392 e. The SMILES string of the molecule is CC1CC1CNS(=O)(=O)c1cc(Cl)cc(CO)c1F. The molecule has 0 saturated heterocycles. The number of benzene rings is 1. The average molecular weight is 308 g/mol. The molecule has 0 bridgehead atoms. The topological polar surface area (TPSA) is 66.4 Å². The minimum Gasteiger partial charge on any atom is -0.392 e. The van der Waals surface area contributed by atoms with Crippen LogP contribution in [0.3, 0.4) is 0 Å². The zero-order valence-corrected chi connectivity index (χ0v) is 11.9. The summed E-state index contributed by atoms with van der Waals surface area (Å²) >= 11 is 5.74. The van der Waals surface area contributed by atoms with E-state index < -0.39 is 27.3 Å². The van der Waals surface area contributed by atoms with Crippen molar-refractivity contribution in [3.8, 4) is 0 Å². The van der Waals surface area contributed by atoms with Crippen LogP contribution in [0.25, 0.3) is 0 Å². The summed E-state index contributed by atoms with van der Waals surface area (Å²) < 4.78 is 40.3. The second-order valence-corrected chi connectivity index (χ2v) is 7.03. The van der Waals surface area contributed by atoms with Gasteiger partial charge in [0.1, 0.15) is 10.7 Å². The zero-order valence-electron chi connectivity index (χ0n) is 10.4. The highest BCUT2D eigenvalue weighted by Crippen LogP contribution is 2.37. The van der Waals surface area contributed by atoms with Gasteiger partial charge in [0, 0.05) is 17.1 Å². The predicted octanol–water partition coefficient (Wildman–Crippen LogP) is 1.91. The number of aliphatic hydroxyl groups excluding tert-OH is 1. The van der Waals surface area contributed by atoms with Gasteiger partial charge in [0.15, 0.2) is 0 Å². The molecule has 2 unspecified atom stereocenters. The normalized spacial score (nSPS) is 22.5. The van der Waals surface area contributed by atoms with E-state index in [2.05, 4.69) is 4.72 Å². The Morgan fingerprint density at radius 3 is 2.68 bits per heavy atom.